The second-order valence-electron chi connectivity index (χ2n) is 5.76. The molecule has 0 saturated heterocycles. The highest BCUT2D eigenvalue weighted by molar-refractivity contribution is 5.99. The Bertz CT molecular complexity index is 876. The fourth-order valence-corrected chi connectivity index (χ4v) is 2.39. The first-order chi connectivity index (χ1) is 12.0. The van der Waals surface area contributed by atoms with Gasteiger partial charge in [-0.05, 0) is 43.7 Å². The third kappa shape index (κ3) is 4.07. The first-order valence-corrected chi connectivity index (χ1v) is 7.94. The number of furan rings is 1. The lowest BCUT2D eigenvalue weighted by atomic mass is 10.2. The van der Waals surface area contributed by atoms with Crippen LogP contribution in [0.2, 0.25) is 0 Å². The molecule has 5 nitrogen and oxygen atoms in total. The highest BCUT2D eigenvalue weighted by atomic mass is 16.6. The third-order valence-corrected chi connectivity index (χ3v) is 3.68. The van der Waals surface area contributed by atoms with E-state index in [0.29, 0.717) is 11.3 Å². The molecular weight excluding hydrogens is 320 g/mol. The van der Waals surface area contributed by atoms with Crippen LogP contribution in [-0.2, 0) is 9.53 Å². The number of benzene rings is 2. The first kappa shape index (κ1) is 16.8. The molecule has 0 bridgehead atoms. The summed E-state index contributed by atoms with van der Waals surface area (Å²) in [5.41, 5.74) is 1.64. The van der Waals surface area contributed by atoms with E-state index in [9.17, 15) is 9.59 Å². The Kier molecular flexibility index (Phi) is 4.84. The van der Waals surface area contributed by atoms with Crippen LogP contribution < -0.4 is 4.74 Å². The molecule has 3 aromatic rings. The van der Waals surface area contributed by atoms with Gasteiger partial charge in [-0.3, -0.25) is 4.79 Å². The number of ether oxygens (including phenoxy) is 2. The Labute approximate surface area is 145 Å². The molecule has 0 aliphatic rings. The number of rotatable bonds is 6. The minimum Gasteiger partial charge on any atom is -0.479 e. The number of esters is 1. The number of carbonyl (C=O) groups excluding carboxylic acids is 2. The van der Waals surface area contributed by atoms with Crippen molar-refractivity contribution < 1.29 is 23.5 Å². The lowest BCUT2D eigenvalue weighted by Crippen LogP contribution is -2.28. The summed E-state index contributed by atoms with van der Waals surface area (Å²) >= 11 is 0. The van der Waals surface area contributed by atoms with Crippen LogP contribution in [0.1, 0.15) is 23.0 Å². The van der Waals surface area contributed by atoms with Gasteiger partial charge in [-0.25, -0.2) is 4.79 Å². The Hall–Kier alpha value is -3.08. The highest BCUT2D eigenvalue weighted by Crippen LogP contribution is 2.19. The molecule has 128 valence electrons. The van der Waals surface area contributed by atoms with E-state index in [2.05, 4.69) is 0 Å². The van der Waals surface area contributed by atoms with E-state index in [0.717, 1.165) is 10.9 Å². The van der Waals surface area contributed by atoms with Crippen molar-refractivity contribution in [2.45, 2.75) is 20.0 Å². The van der Waals surface area contributed by atoms with Crippen molar-refractivity contribution in [3.63, 3.8) is 0 Å². The second-order valence-corrected chi connectivity index (χ2v) is 5.76. The van der Waals surface area contributed by atoms with E-state index in [1.807, 2.05) is 43.3 Å². The van der Waals surface area contributed by atoms with Crippen LogP contribution in [0.15, 0.2) is 59.0 Å². The van der Waals surface area contributed by atoms with Crippen LogP contribution in [0.25, 0.3) is 11.0 Å². The summed E-state index contributed by atoms with van der Waals surface area (Å²) in [6.07, 6.45) is -0.815. The van der Waals surface area contributed by atoms with Gasteiger partial charge in [-0.2, -0.15) is 0 Å². The van der Waals surface area contributed by atoms with E-state index < -0.39 is 17.9 Å². The predicted molar refractivity (Wildman–Crippen MR) is 92.8 cm³/mol. The number of hydrogen-bond donors (Lipinski definition) is 0. The van der Waals surface area contributed by atoms with Gasteiger partial charge in [0.25, 0.3) is 0 Å². The minimum atomic E-state index is -0.815. The molecule has 5 heteroatoms. The van der Waals surface area contributed by atoms with Crippen LogP contribution >= 0.6 is 0 Å². The summed E-state index contributed by atoms with van der Waals surface area (Å²) in [4.78, 5) is 24.1. The number of Topliss-reactive ketones (excluding diaryl/α,β-unsaturated/α-hetero) is 1. The molecule has 0 aliphatic carbocycles. The van der Waals surface area contributed by atoms with Gasteiger partial charge in [-0.15, -0.1) is 0 Å². The standard InChI is InChI=1S/C20H18O5/c1-13-6-5-8-16(10-13)24-14(2)20(22)23-12-17(21)19-11-15-7-3-4-9-18(15)25-19/h3-11,14H,12H2,1-2H3/t14-/m1/s1. The average Bonchev–Trinajstić information content (AvgIpc) is 3.03. The molecule has 1 aromatic heterocycles. The van der Waals surface area contributed by atoms with E-state index in [4.69, 9.17) is 13.9 Å². The monoisotopic (exact) mass is 338 g/mol. The molecule has 0 N–H and O–H groups in total. The third-order valence-electron chi connectivity index (χ3n) is 3.68. The lowest BCUT2D eigenvalue weighted by molar-refractivity contribution is -0.149. The van der Waals surface area contributed by atoms with Gasteiger partial charge in [0.1, 0.15) is 11.3 Å². The summed E-state index contributed by atoms with van der Waals surface area (Å²) in [6.45, 7) is 3.12. The molecule has 0 aliphatic heterocycles. The van der Waals surface area contributed by atoms with Crippen LogP contribution in [-0.4, -0.2) is 24.5 Å². The molecule has 0 radical (unpaired) electrons. The smallest absolute Gasteiger partial charge is 0.347 e. The summed E-state index contributed by atoms with van der Waals surface area (Å²) in [7, 11) is 0. The minimum absolute atomic E-state index is 0.168. The van der Waals surface area contributed by atoms with E-state index in [-0.39, 0.29) is 12.4 Å². The van der Waals surface area contributed by atoms with Gasteiger partial charge < -0.3 is 13.9 Å². The van der Waals surface area contributed by atoms with Gasteiger partial charge in [-0.1, -0.05) is 30.3 Å². The zero-order valence-corrected chi connectivity index (χ0v) is 14.0. The van der Waals surface area contributed by atoms with Crippen LogP contribution in [0.4, 0.5) is 0 Å². The van der Waals surface area contributed by atoms with Gasteiger partial charge in [0, 0.05) is 5.39 Å². The normalized spacial score (nSPS) is 11.9. The largest absolute Gasteiger partial charge is 0.479 e. The van der Waals surface area contributed by atoms with Crippen molar-refractivity contribution >= 4 is 22.7 Å². The zero-order valence-electron chi connectivity index (χ0n) is 14.0. The number of carbonyl (C=O) groups is 2. The first-order valence-electron chi connectivity index (χ1n) is 7.94. The topological polar surface area (TPSA) is 65.7 Å². The molecule has 0 saturated carbocycles. The molecule has 25 heavy (non-hydrogen) atoms. The lowest BCUT2D eigenvalue weighted by Gasteiger charge is -2.13. The van der Waals surface area contributed by atoms with Gasteiger partial charge >= 0.3 is 5.97 Å². The zero-order chi connectivity index (χ0) is 17.8. The maximum Gasteiger partial charge on any atom is 0.347 e. The van der Waals surface area contributed by atoms with E-state index >= 15 is 0 Å². The van der Waals surface area contributed by atoms with Crippen molar-refractivity contribution in [2.24, 2.45) is 0 Å². The van der Waals surface area contributed by atoms with Crippen molar-refractivity contribution in [3.05, 3.63) is 65.9 Å². The Morgan fingerprint density at radius 3 is 2.64 bits per heavy atom. The molecule has 0 fully saturated rings. The fraction of sp³-hybridized carbons (Fsp3) is 0.200. The Balaban J connectivity index is 1.56. The number of fused-ring (bicyclic) bond motifs is 1. The predicted octanol–water partition coefficient (Wildman–Crippen LogP) is 3.93. The fourth-order valence-electron chi connectivity index (χ4n) is 2.39. The molecule has 3 rings (SSSR count). The van der Waals surface area contributed by atoms with Crippen molar-refractivity contribution in [1.29, 1.82) is 0 Å². The van der Waals surface area contributed by atoms with Crippen LogP contribution in [0.5, 0.6) is 5.75 Å². The van der Waals surface area contributed by atoms with E-state index in [1.54, 1.807) is 25.1 Å². The van der Waals surface area contributed by atoms with Crippen LogP contribution in [0.3, 0.4) is 0 Å². The summed E-state index contributed by atoms with van der Waals surface area (Å²) in [5.74, 6) is -0.257. The summed E-state index contributed by atoms with van der Waals surface area (Å²) in [6, 6.07) is 16.3. The number of aryl methyl sites for hydroxylation is 1. The average molecular weight is 338 g/mol. The van der Waals surface area contributed by atoms with Gasteiger partial charge in [0.2, 0.25) is 5.78 Å². The molecule has 1 atom stereocenters. The SMILES string of the molecule is Cc1cccc(O[C@H](C)C(=O)OCC(=O)c2cc3ccccc3o2)c1. The highest BCUT2D eigenvalue weighted by Gasteiger charge is 2.20. The molecular formula is C20H18O5. The molecule has 0 amide bonds. The molecule has 0 unspecified atom stereocenters. The number of para-hydroxylation sites is 1. The Morgan fingerprint density at radius 2 is 1.88 bits per heavy atom. The second kappa shape index (κ2) is 7.21. The molecule has 0 spiro atoms. The van der Waals surface area contributed by atoms with Gasteiger partial charge in [0.15, 0.2) is 18.5 Å². The molecule has 1 heterocycles. The maximum absolute atomic E-state index is 12.1. The van der Waals surface area contributed by atoms with Gasteiger partial charge in [0.05, 0.1) is 0 Å². The quantitative estimate of drug-likeness (QED) is 0.503. The van der Waals surface area contributed by atoms with Crippen molar-refractivity contribution in [1.82, 2.24) is 0 Å². The summed E-state index contributed by atoms with van der Waals surface area (Å²) < 4.78 is 16.0. The van der Waals surface area contributed by atoms with Crippen molar-refractivity contribution in [2.75, 3.05) is 6.61 Å². The molecule has 2 aromatic carbocycles. The van der Waals surface area contributed by atoms with E-state index in [1.165, 1.54) is 0 Å². The Morgan fingerprint density at radius 1 is 1.08 bits per heavy atom. The van der Waals surface area contributed by atoms with Crippen molar-refractivity contribution in [3.8, 4) is 5.75 Å². The van der Waals surface area contributed by atoms with Crippen LogP contribution in [0, 0.1) is 6.92 Å². The number of hydrogen-bond acceptors (Lipinski definition) is 5. The summed E-state index contributed by atoms with van der Waals surface area (Å²) in [5, 5.41) is 0.827. The maximum atomic E-state index is 12.1. The number of ketones is 1.